The van der Waals surface area contributed by atoms with Crippen LogP contribution in [0, 0.1) is 28.6 Å². The van der Waals surface area contributed by atoms with E-state index in [4.69, 9.17) is 9.47 Å². The number of fused-ring (bicyclic) bond motifs is 3. The van der Waals surface area contributed by atoms with Crippen molar-refractivity contribution in [2.75, 3.05) is 11.5 Å². The van der Waals surface area contributed by atoms with Crippen molar-refractivity contribution < 1.29 is 33.8 Å². The number of benzene rings is 1. The van der Waals surface area contributed by atoms with Gasteiger partial charge in [0.15, 0.2) is 6.61 Å². The molecule has 8 nitrogen and oxygen atoms in total. The van der Waals surface area contributed by atoms with Crippen LogP contribution in [-0.2, 0) is 35.1 Å². The van der Waals surface area contributed by atoms with Crippen LogP contribution in [0.5, 0.6) is 0 Å². The third-order valence-electron chi connectivity index (χ3n) is 9.35. The molecule has 4 rings (SSSR count). The Morgan fingerprint density at radius 2 is 1.81 bits per heavy atom. The maximum atomic E-state index is 13.2. The number of aliphatic carboxylic acids is 1. The summed E-state index contributed by atoms with van der Waals surface area (Å²) in [5.74, 6) is -3.26. The van der Waals surface area contributed by atoms with Crippen molar-refractivity contribution in [2.45, 2.75) is 78.9 Å². The van der Waals surface area contributed by atoms with E-state index in [9.17, 15) is 24.3 Å². The number of ether oxygens (including phenoxy) is 2. The molecule has 0 spiro atoms. The third kappa shape index (κ3) is 4.39. The van der Waals surface area contributed by atoms with Crippen LogP contribution in [0.4, 0.5) is 5.69 Å². The van der Waals surface area contributed by atoms with Crippen molar-refractivity contribution in [1.82, 2.24) is 0 Å². The highest BCUT2D eigenvalue weighted by Gasteiger charge is 2.62. The van der Waals surface area contributed by atoms with Crippen LogP contribution in [0.3, 0.4) is 0 Å². The number of hydrogen-bond donors (Lipinski definition) is 1. The van der Waals surface area contributed by atoms with E-state index < -0.39 is 42.4 Å². The smallest absolute Gasteiger partial charge is 0.344 e. The summed E-state index contributed by atoms with van der Waals surface area (Å²) in [7, 11) is 0. The maximum absolute atomic E-state index is 13.2. The second-order valence-corrected chi connectivity index (χ2v) is 11.6. The number of para-hydroxylation sites is 1. The molecule has 2 fully saturated rings. The first-order valence-electron chi connectivity index (χ1n) is 12.9. The largest absolute Gasteiger partial charge is 0.480 e. The topological polar surface area (TPSA) is 110 Å². The minimum absolute atomic E-state index is 0.0670. The fourth-order valence-electron chi connectivity index (χ4n) is 6.59. The van der Waals surface area contributed by atoms with Gasteiger partial charge in [0.05, 0.1) is 5.92 Å². The zero-order valence-corrected chi connectivity index (χ0v) is 21.8. The van der Waals surface area contributed by atoms with E-state index in [1.54, 1.807) is 26.0 Å². The zero-order valence-electron chi connectivity index (χ0n) is 21.8. The Kier molecular flexibility index (Phi) is 6.92. The second-order valence-electron chi connectivity index (χ2n) is 11.6. The molecule has 1 heterocycles. The molecular weight excluding hydrogens is 462 g/mol. The molecule has 0 aromatic heterocycles. The Morgan fingerprint density at radius 3 is 2.42 bits per heavy atom. The molecule has 2 bridgehead atoms. The fraction of sp³-hybridized carbons (Fsp3) is 0.643. The Labute approximate surface area is 212 Å². The molecule has 2 aliphatic carbocycles. The monoisotopic (exact) mass is 499 g/mol. The van der Waals surface area contributed by atoms with Gasteiger partial charge >= 0.3 is 17.9 Å². The SMILES string of the molecule is CC(C[C@@H](C)C(=O)OCC(=O)OC1CC2CCC1(C)C2(C)C)C(=O)N1c2ccccc2C[C@H]1C(=O)O. The number of anilines is 1. The minimum atomic E-state index is -1.06. The molecule has 1 aromatic rings. The van der Waals surface area contributed by atoms with Crippen LogP contribution in [0.2, 0.25) is 0 Å². The predicted octanol–water partition coefficient (Wildman–Crippen LogP) is 3.99. The van der Waals surface area contributed by atoms with Crippen LogP contribution in [-0.4, -0.2) is 47.7 Å². The Bertz CT molecular complexity index is 1070. The van der Waals surface area contributed by atoms with Crippen LogP contribution in [0.1, 0.15) is 65.9 Å². The van der Waals surface area contributed by atoms with E-state index in [2.05, 4.69) is 20.8 Å². The van der Waals surface area contributed by atoms with Crippen molar-refractivity contribution in [3.63, 3.8) is 0 Å². The number of carboxylic acid groups (broad SMARTS) is 1. The summed E-state index contributed by atoms with van der Waals surface area (Å²) < 4.78 is 11.0. The van der Waals surface area contributed by atoms with Gasteiger partial charge in [-0.05, 0) is 48.6 Å². The number of rotatable bonds is 8. The van der Waals surface area contributed by atoms with E-state index in [1.807, 2.05) is 12.1 Å². The van der Waals surface area contributed by atoms with Crippen LogP contribution < -0.4 is 4.90 Å². The molecule has 1 aliphatic heterocycles. The molecule has 1 amide bonds. The normalized spacial score (nSPS) is 29.4. The van der Waals surface area contributed by atoms with Gasteiger partial charge in [0.2, 0.25) is 5.91 Å². The Morgan fingerprint density at radius 1 is 1.11 bits per heavy atom. The number of nitrogens with zero attached hydrogens (tertiary/aromatic N) is 1. The molecule has 1 aromatic carbocycles. The standard InChI is InChI=1S/C28H37NO7/c1-16(24(31)29-20-9-7-6-8-18(20)13-21(29)25(32)33)12-17(2)26(34)35-15-23(30)36-22-14-19-10-11-28(22,5)27(19,3)4/h6-9,16-17,19,21-22H,10-15H2,1-5H3,(H,32,33)/t16?,17-,19?,21+,22?,28?/m1/s1. The van der Waals surface area contributed by atoms with E-state index in [1.165, 1.54) is 4.90 Å². The highest BCUT2D eigenvalue weighted by atomic mass is 16.6. The van der Waals surface area contributed by atoms with Gasteiger partial charge in [-0.2, -0.15) is 0 Å². The Hall–Kier alpha value is -2.90. The predicted molar refractivity (Wildman–Crippen MR) is 132 cm³/mol. The van der Waals surface area contributed by atoms with Crippen LogP contribution in [0.25, 0.3) is 0 Å². The van der Waals surface area contributed by atoms with E-state index in [0.717, 1.165) is 24.8 Å². The molecule has 0 radical (unpaired) electrons. The zero-order chi connectivity index (χ0) is 26.4. The van der Waals surface area contributed by atoms with Crippen molar-refractivity contribution in [3.8, 4) is 0 Å². The average molecular weight is 500 g/mol. The minimum Gasteiger partial charge on any atom is -0.480 e. The lowest BCUT2D eigenvalue weighted by molar-refractivity contribution is -0.169. The summed E-state index contributed by atoms with van der Waals surface area (Å²) in [6.07, 6.45) is 3.27. The number of amides is 1. The van der Waals surface area contributed by atoms with Gasteiger partial charge in [0, 0.05) is 23.4 Å². The first kappa shape index (κ1) is 26.2. The van der Waals surface area contributed by atoms with Gasteiger partial charge in [-0.3, -0.25) is 14.5 Å². The highest BCUT2D eigenvalue weighted by Crippen LogP contribution is 2.66. The Balaban J connectivity index is 1.29. The molecular formula is C28H37NO7. The fourth-order valence-corrected chi connectivity index (χ4v) is 6.59. The van der Waals surface area contributed by atoms with Crippen LogP contribution in [0.15, 0.2) is 24.3 Å². The quantitative estimate of drug-likeness (QED) is 0.539. The number of esters is 2. The van der Waals surface area contributed by atoms with Gasteiger partial charge in [0.25, 0.3) is 0 Å². The third-order valence-corrected chi connectivity index (χ3v) is 9.35. The summed E-state index contributed by atoms with van der Waals surface area (Å²) in [6.45, 7) is 9.52. The van der Waals surface area contributed by atoms with E-state index >= 15 is 0 Å². The number of carbonyl (C=O) groups excluding carboxylic acids is 3. The van der Waals surface area contributed by atoms with Gasteiger partial charge in [-0.1, -0.05) is 52.8 Å². The summed E-state index contributed by atoms with van der Waals surface area (Å²) >= 11 is 0. The lowest BCUT2D eigenvalue weighted by atomic mass is 9.70. The molecule has 196 valence electrons. The maximum Gasteiger partial charge on any atom is 0.344 e. The summed E-state index contributed by atoms with van der Waals surface area (Å²) in [5.41, 5.74) is 1.45. The van der Waals surface area contributed by atoms with Gasteiger partial charge in [-0.15, -0.1) is 0 Å². The number of hydrogen-bond acceptors (Lipinski definition) is 6. The van der Waals surface area contributed by atoms with Gasteiger partial charge < -0.3 is 14.6 Å². The first-order valence-corrected chi connectivity index (χ1v) is 12.9. The van der Waals surface area contributed by atoms with Gasteiger partial charge in [0.1, 0.15) is 12.1 Å². The highest BCUT2D eigenvalue weighted by molar-refractivity contribution is 6.03. The summed E-state index contributed by atoms with van der Waals surface area (Å²) in [5, 5.41) is 9.65. The number of carbonyl (C=O) groups is 4. The van der Waals surface area contributed by atoms with Crippen molar-refractivity contribution >= 4 is 29.5 Å². The van der Waals surface area contributed by atoms with Crippen molar-refractivity contribution in [1.29, 1.82) is 0 Å². The molecule has 3 aliphatic rings. The lowest BCUT2D eigenvalue weighted by Crippen LogP contribution is -2.45. The summed E-state index contributed by atoms with van der Waals surface area (Å²) in [4.78, 5) is 51.4. The molecule has 4 unspecified atom stereocenters. The van der Waals surface area contributed by atoms with Crippen molar-refractivity contribution in [2.24, 2.45) is 28.6 Å². The van der Waals surface area contributed by atoms with Crippen molar-refractivity contribution in [3.05, 3.63) is 29.8 Å². The lowest BCUT2D eigenvalue weighted by Gasteiger charge is -2.38. The molecule has 36 heavy (non-hydrogen) atoms. The molecule has 1 N–H and O–H groups in total. The average Bonchev–Trinajstić information content (AvgIpc) is 3.38. The first-order chi connectivity index (χ1) is 16.9. The summed E-state index contributed by atoms with van der Waals surface area (Å²) in [6, 6.07) is 6.18. The molecule has 2 saturated carbocycles. The number of carboxylic acids is 1. The van der Waals surface area contributed by atoms with Gasteiger partial charge in [-0.25, -0.2) is 9.59 Å². The molecule has 0 saturated heterocycles. The molecule has 6 atom stereocenters. The van der Waals surface area contributed by atoms with E-state index in [-0.39, 0.29) is 35.7 Å². The second kappa shape index (κ2) is 9.52. The van der Waals surface area contributed by atoms with E-state index in [0.29, 0.717) is 11.6 Å². The molecule has 8 heteroatoms. The van der Waals surface area contributed by atoms with Crippen LogP contribution >= 0.6 is 0 Å².